The molecule has 0 aromatic rings. The lowest BCUT2D eigenvalue weighted by molar-refractivity contribution is 0.0834. The van der Waals surface area contributed by atoms with E-state index in [9.17, 15) is 0 Å². The lowest BCUT2D eigenvalue weighted by Crippen LogP contribution is -2.38. The third-order valence-electron chi connectivity index (χ3n) is 1.96. The van der Waals surface area contributed by atoms with Crippen molar-refractivity contribution in [1.29, 1.82) is 0 Å². The van der Waals surface area contributed by atoms with E-state index < -0.39 is 8.32 Å². The van der Waals surface area contributed by atoms with Crippen LogP contribution in [0, 0.1) is 0 Å². The highest BCUT2D eigenvalue weighted by molar-refractivity contribution is 6.75. The smallest absolute Gasteiger partial charge is 0.175 e. The van der Waals surface area contributed by atoms with E-state index >= 15 is 0 Å². The largest absolute Gasteiger partial charge is 0.460 e. The van der Waals surface area contributed by atoms with E-state index in [1.165, 1.54) is 12.1 Å². The zero-order valence-corrected chi connectivity index (χ0v) is 10.1. The van der Waals surface area contributed by atoms with Crippen LogP contribution in [0.1, 0.15) is 6.92 Å². The number of hydrogen-bond acceptors (Lipinski definition) is 2. The molecule has 66 valence electrons. The molecule has 2 nitrogen and oxygen atoms in total. The van der Waals surface area contributed by atoms with Crippen molar-refractivity contribution in [3.63, 3.8) is 0 Å². The standard InChI is InChI=1S/C7H18O2Si2/c1-7-6-11(2,3)9-10-5-4-8-7/h7H,4-6,10H2,1-3H3. The zero-order chi connectivity index (χ0) is 8.32. The SMILES string of the molecule is CC1C[Si](C)(C)O[SiH2]CCO1. The highest BCUT2D eigenvalue weighted by Gasteiger charge is 2.26. The van der Waals surface area contributed by atoms with E-state index in [4.69, 9.17) is 8.85 Å². The van der Waals surface area contributed by atoms with Gasteiger partial charge in [0.05, 0.1) is 6.10 Å². The molecule has 1 aliphatic heterocycles. The van der Waals surface area contributed by atoms with Gasteiger partial charge in [-0.3, -0.25) is 0 Å². The zero-order valence-electron chi connectivity index (χ0n) is 7.72. The molecule has 1 fully saturated rings. The molecule has 11 heavy (non-hydrogen) atoms. The second-order valence-corrected chi connectivity index (χ2v) is 10.0. The average molecular weight is 190 g/mol. The molecule has 0 aromatic carbocycles. The second kappa shape index (κ2) is 3.84. The van der Waals surface area contributed by atoms with Crippen molar-refractivity contribution in [3.05, 3.63) is 0 Å². The Morgan fingerprint density at radius 3 is 2.91 bits per heavy atom. The van der Waals surface area contributed by atoms with Crippen LogP contribution >= 0.6 is 0 Å². The first-order valence-corrected chi connectivity index (χ1v) is 9.05. The minimum absolute atomic E-state index is 0.239. The molecule has 1 rings (SSSR count). The van der Waals surface area contributed by atoms with Gasteiger partial charge in [-0.1, -0.05) is 0 Å². The van der Waals surface area contributed by atoms with Gasteiger partial charge in [0, 0.05) is 6.61 Å². The van der Waals surface area contributed by atoms with Gasteiger partial charge >= 0.3 is 0 Å². The maximum atomic E-state index is 5.94. The van der Waals surface area contributed by atoms with Crippen LogP contribution in [0.4, 0.5) is 0 Å². The summed E-state index contributed by atoms with van der Waals surface area (Å²) in [5, 5.41) is 0. The molecule has 1 atom stereocenters. The number of hydrogen-bond donors (Lipinski definition) is 0. The van der Waals surface area contributed by atoms with Crippen LogP contribution in [0.5, 0.6) is 0 Å². The first-order valence-electron chi connectivity index (χ1n) is 4.36. The molecule has 0 aromatic heterocycles. The van der Waals surface area contributed by atoms with Crippen molar-refractivity contribution in [3.8, 4) is 0 Å². The fraction of sp³-hybridized carbons (Fsp3) is 1.00. The van der Waals surface area contributed by atoms with Gasteiger partial charge in [-0.2, -0.15) is 0 Å². The fourth-order valence-electron chi connectivity index (χ4n) is 1.50. The highest BCUT2D eigenvalue weighted by atomic mass is 28.4. The molecule has 4 heteroatoms. The van der Waals surface area contributed by atoms with Crippen LogP contribution < -0.4 is 0 Å². The molecular weight excluding hydrogens is 172 g/mol. The predicted octanol–water partition coefficient (Wildman–Crippen LogP) is 1.13. The summed E-state index contributed by atoms with van der Waals surface area (Å²) in [6.45, 7) is 7.68. The number of ether oxygens (including phenoxy) is 1. The molecule has 0 bridgehead atoms. The van der Waals surface area contributed by atoms with Gasteiger partial charge in [0.1, 0.15) is 9.76 Å². The summed E-state index contributed by atoms with van der Waals surface area (Å²) in [4.78, 5) is 0. The van der Waals surface area contributed by atoms with Crippen LogP contribution in [0.2, 0.25) is 25.2 Å². The van der Waals surface area contributed by atoms with Gasteiger partial charge in [-0.15, -0.1) is 0 Å². The summed E-state index contributed by atoms with van der Waals surface area (Å²) < 4.78 is 11.5. The van der Waals surface area contributed by atoms with Crippen LogP contribution in [0.25, 0.3) is 0 Å². The molecule has 0 radical (unpaired) electrons. The molecular formula is C7H18O2Si2. The van der Waals surface area contributed by atoms with Gasteiger partial charge in [-0.25, -0.2) is 0 Å². The van der Waals surface area contributed by atoms with Crippen LogP contribution in [0.15, 0.2) is 0 Å². The van der Waals surface area contributed by atoms with Crippen LogP contribution in [0.3, 0.4) is 0 Å². The van der Waals surface area contributed by atoms with E-state index in [2.05, 4.69) is 20.0 Å². The van der Waals surface area contributed by atoms with Crippen molar-refractivity contribution in [2.75, 3.05) is 6.61 Å². The molecule has 1 aliphatic rings. The fourth-order valence-corrected chi connectivity index (χ4v) is 6.55. The summed E-state index contributed by atoms with van der Waals surface area (Å²) >= 11 is 0. The second-order valence-electron chi connectivity index (χ2n) is 3.85. The summed E-state index contributed by atoms with van der Waals surface area (Å²) in [5.41, 5.74) is 0. The van der Waals surface area contributed by atoms with Gasteiger partial charge in [-0.05, 0) is 32.1 Å². The molecule has 0 N–H and O–H groups in total. The average Bonchev–Trinajstić information content (AvgIpc) is 1.82. The van der Waals surface area contributed by atoms with E-state index in [0.717, 1.165) is 6.61 Å². The van der Waals surface area contributed by atoms with E-state index in [1.807, 2.05) is 0 Å². The summed E-state index contributed by atoms with van der Waals surface area (Å²) in [7, 11) is -1.54. The van der Waals surface area contributed by atoms with Gasteiger partial charge in [0.2, 0.25) is 0 Å². The highest BCUT2D eigenvalue weighted by Crippen LogP contribution is 2.17. The van der Waals surface area contributed by atoms with Gasteiger partial charge in [0.15, 0.2) is 8.32 Å². The third kappa shape index (κ3) is 3.51. The Morgan fingerprint density at radius 1 is 1.45 bits per heavy atom. The van der Waals surface area contributed by atoms with Gasteiger partial charge < -0.3 is 8.85 Å². The summed E-state index contributed by atoms with van der Waals surface area (Å²) in [6, 6.07) is 2.36. The molecule has 0 aliphatic carbocycles. The van der Waals surface area contributed by atoms with E-state index in [1.54, 1.807) is 0 Å². The van der Waals surface area contributed by atoms with E-state index in [0.29, 0.717) is 6.10 Å². The first-order chi connectivity index (χ1) is 5.10. The first kappa shape index (κ1) is 9.44. The Bertz CT molecular complexity index is 128. The van der Waals surface area contributed by atoms with Crippen molar-refractivity contribution in [2.24, 2.45) is 0 Å². The maximum absolute atomic E-state index is 5.94. The topological polar surface area (TPSA) is 18.5 Å². The van der Waals surface area contributed by atoms with E-state index in [-0.39, 0.29) is 9.76 Å². The molecule has 0 amide bonds. The molecule has 0 spiro atoms. The normalized spacial score (nSPS) is 34.6. The Kier molecular flexibility index (Phi) is 3.30. The maximum Gasteiger partial charge on any atom is 0.175 e. The number of rotatable bonds is 0. The third-order valence-corrected chi connectivity index (χ3v) is 8.04. The lowest BCUT2D eigenvalue weighted by atomic mass is 10.5. The Hall–Kier alpha value is 0.354. The summed E-state index contributed by atoms with van der Waals surface area (Å²) in [6.07, 6.45) is 0.422. The predicted molar refractivity (Wildman–Crippen MR) is 52.1 cm³/mol. The van der Waals surface area contributed by atoms with Crippen molar-refractivity contribution < 1.29 is 8.85 Å². The Balaban J connectivity index is 2.42. The minimum Gasteiger partial charge on any atom is -0.460 e. The molecule has 1 unspecified atom stereocenters. The van der Waals surface area contributed by atoms with Crippen LogP contribution in [-0.4, -0.2) is 30.8 Å². The lowest BCUT2D eigenvalue weighted by Gasteiger charge is -2.29. The minimum atomic E-state index is -1.30. The monoisotopic (exact) mass is 190 g/mol. The summed E-state index contributed by atoms with van der Waals surface area (Å²) in [5.74, 6) is 0. The van der Waals surface area contributed by atoms with Crippen molar-refractivity contribution in [1.82, 2.24) is 0 Å². The molecule has 1 heterocycles. The molecule has 0 saturated carbocycles. The molecule has 1 saturated heterocycles. The quantitative estimate of drug-likeness (QED) is 0.533. The Morgan fingerprint density at radius 2 is 2.18 bits per heavy atom. The van der Waals surface area contributed by atoms with Crippen molar-refractivity contribution in [2.45, 2.75) is 38.2 Å². The van der Waals surface area contributed by atoms with Crippen LogP contribution in [-0.2, 0) is 8.85 Å². The van der Waals surface area contributed by atoms with Gasteiger partial charge in [0.25, 0.3) is 0 Å². The Labute approximate surface area is 72.4 Å². The van der Waals surface area contributed by atoms with Crippen molar-refractivity contribution >= 4 is 18.1 Å².